The molecule has 0 aliphatic carbocycles. The molecule has 2 aromatic carbocycles. The van der Waals surface area contributed by atoms with Crippen LogP contribution in [-0.4, -0.2) is 16.8 Å². The number of hydrogen-bond acceptors (Lipinski definition) is 3. The fourth-order valence-electron chi connectivity index (χ4n) is 1.94. The summed E-state index contributed by atoms with van der Waals surface area (Å²) in [6.45, 7) is 5.33. The molecule has 0 unspecified atom stereocenters. The SMILES string of the molecule is CC(C)(C)OC(=O)Nc1cccc(-c2cc(O)cc(F)c2)c1. The molecule has 0 radical (unpaired) electrons. The lowest BCUT2D eigenvalue weighted by Gasteiger charge is -2.19. The lowest BCUT2D eigenvalue weighted by Crippen LogP contribution is -2.27. The number of carbonyl (C=O) groups excluding carboxylic acids is 1. The van der Waals surface area contributed by atoms with Crippen LogP contribution >= 0.6 is 0 Å². The lowest BCUT2D eigenvalue weighted by molar-refractivity contribution is 0.0636. The Kier molecular flexibility index (Phi) is 4.35. The van der Waals surface area contributed by atoms with Gasteiger partial charge < -0.3 is 9.84 Å². The van der Waals surface area contributed by atoms with Crippen LogP contribution in [0.15, 0.2) is 42.5 Å². The minimum absolute atomic E-state index is 0.152. The molecule has 0 aliphatic rings. The van der Waals surface area contributed by atoms with Crippen LogP contribution in [0.25, 0.3) is 11.1 Å². The van der Waals surface area contributed by atoms with Crippen molar-refractivity contribution in [3.8, 4) is 16.9 Å². The maximum atomic E-state index is 13.4. The van der Waals surface area contributed by atoms with E-state index in [-0.39, 0.29) is 5.75 Å². The predicted molar refractivity (Wildman–Crippen MR) is 83.4 cm³/mol. The molecule has 0 atom stereocenters. The number of phenols is 1. The molecular formula is C17H18FNO3. The Bertz CT molecular complexity index is 672. The van der Waals surface area contributed by atoms with Gasteiger partial charge in [0.25, 0.3) is 0 Å². The average Bonchev–Trinajstić information content (AvgIpc) is 2.35. The van der Waals surface area contributed by atoms with Crippen LogP contribution in [-0.2, 0) is 4.74 Å². The van der Waals surface area contributed by atoms with Gasteiger partial charge in [-0.25, -0.2) is 9.18 Å². The minimum Gasteiger partial charge on any atom is -0.508 e. The summed E-state index contributed by atoms with van der Waals surface area (Å²) < 4.78 is 18.5. The fraction of sp³-hybridized carbons (Fsp3) is 0.235. The highest BCUT2D eigenvalue weighted by molar-refractivity contribution is 5.86. The molecule has 0 aliphatic heterocycles. The van der Waals surface area contributed by atoms with E-state index in [0.29, 0.717) is 16.8 Å². The molecule has 2 rings (SSSR count). The Morgan fingerprint density at radius 1 is 1.14 bits per heavy atom. The summed E-state index contributed by atoms with van der Waals surface area (Å²) in [5.74, 6) is -0.680. The highest BCUT2D eigenvalue weighted by Gasteiger charge is 2.16. The summed E-state index contributed by atoms with van der Waals surface area (Å²) in [5.41, 5.74) is 1.12. The zero-order chi connectivity index (χ0) is 16.3. The second-order valence-electron chi connectivity index (χ2n) is 5.91. The maximum Gasteiger partial charge on any atom is 0.412 e. The largest absolute Gasteiger partial charge is 0.508 e. The van der Waals surface area contributed by atoms with Crippen molar-refractivity contribution >= 4 is 11.8 Å². The Morgan fingerprint density at radius 3 is 2.50 bits per heavy atom. The molecule has 1 amide bonds. The number of amides is 1. The zero-order valence-corrected chi connectivity index (χ0v) is 12.7. The Balaban J connectivity index is 2.21. The number of ether oxygens (including phenoxy) is 1. The van der Waals surface area contributed by atoms with Crippen LogP contribution in [0.2, 0.25) is 0 Å². The Morgan fingerprint density at radius 2 is 1.86 bits per heavy atom. The normalized spacial score (nSPS) is 11.1. The summed E-state index contributed by atoms with van der Waals surface area (Å²) in [5, 5.41) is 12.1. The molecule has 2 N–H and O–H groups in total. The first-order valence-electron chi connectivity index (χ1n) is 6.83. The van der Waals surface area contributed by atoms with Crippen molar-refractivity contribution < 1.29 is 19.0 Å². The third-order valence-electron chi connectivity index (χ3n) is 2.72. The van der Waals surface area contributed by atoms with Crippen LogP contribution < -0.4 is 5.32 Å². The van der Waals surface area contributed by atoms with Gasteiger partial charge in [-0.15, -0.1) is 0 Å². The Labute approximate surface area is 128 Å². The fourth-order valence-corrected chi connectivity index (χ4v) is 1.94. The van der Waals surface area contributed by atoms with Gasteiger partial charge in [-0.1, -0.05) is 12.1 Å². The van der Waals surface area contributed by atoms with E-state index in [0.717, 1.165) is 6.07 Å². The van der Waals surface area contributed by atoms with Gasteiger partial charge in [0, 0.05) is 11.8 Å². The number of aromatic hydroxyl groups is 1. The van der Waals surface area contributed by atoms with Crippen molar-refractivity contribution in [3.05, 3.63) is 48.3 Å². The predicted octanol–water partition coefficient (Wildman–Crippen LogP) is 4.55. The zero-order valence-electron chi connectivity index (χ0n) is 12.7. The first-order chi connectivity index (χ1) is 10.2. The monoisotopic (exact) mass is 303 g/mol. The second-order valence-corrected chi connectivity index (χ2v) is 5.91. The number of rotatable bonds is 2. The molecular weight excluding hydrogens is 285 g/mol. The van der Waals surface area contributed by atoms with Crippen LogP contribution in [0.1, 0.15) is 20.8 Å². The molecule has 0 aromatic heterocycles. The number of carbonyl (C=O) groups is 1. The van der Waals surface area contributed by atoms with Gasteiger partial charge in [-0.2, -0.15) is 0 Å². The van der Waals surface area contributed by atoms with Gasteiger partial charge in [0.2, 0.25) is 0 Å². The van der Waals surface area contributed by atoms with E-state index in [2.05, 4.69) is 5.32 Å². The van der Waals surface area contributed by atoms with Crippen molar-refractivity contribution in [1.82, 2.24) is 0 Å². The van der Waals surface area contributed by atoms with E-state index >= 15 is 0 Å². The van der Waals surface area contributed by atoms with Crippen molar-refractivity contribution in [3.63, 3.8) is 0 Å². The molecule has 0 heterocycles. The summed E-state index contributed by atoms with van der Waals surface area (Å²) in [6, 6.07) is 10.7. The van der Waals surface area contributed by atoms with Crippen molar-refractivity contribution in [1.29, 1.82) is 0 Å². The van der Waals surface area contributed by atoms with Gasteiger partial charge >= 0.3 is 6.09 Å². The summed E-state index contributed by atoms with van der Waals surface area (Å²) in [4.78, 5) is 11.8. The molecule has 0 saturated carbocycles. The summed E-state index contributed by atoms with van der Waals surface area (Å²) in [7, 11) is 0. The minimum atomic E-state index is -0.587. The molecule has 22 heavy (non-hydrogen) atoms. The van der Waals surface area contributed by atoms with E-state index in [4.69, 9.17) is 4.74 Å². The number of halogens is 1. The van der Waals surface area contributed by atoms with Crippen LogP contribution in [0.4, 0.5) is 14.9 Å². The summed E-state index contributed by atoms with van der Waals surface area (Å²) in [6.07, 6.45) is -0.563. The maximum absolute atomic E-state index is 13.4. The summed E-state index contributed by atoms with van der Waals surface area (Å²) >= 11 is 0. The molecule has 116 valence electrons. The van der Waals surface area contributed by atoms with Gasteiger partial charge in [-0.05, 0) is 56.2 Å². The highest BCUT2D eigenvalue weighted by atomic mass is 19.1. The van der Waals surface area contributed by atoms with Gasteiger partial charge in [0.05, 0.1) is 0 Å². The van der Waals surface area contributed by atoms with Crippen molar-refractivity contribution in [2.24, 2.45) is 0 Å². The number of benzene rings is 2. The average molecular weight is 303 g/mol. The van der Waals surface area contributed by atoms with Gasteiger partial charge in [0.1, 0.15) is 17.2 Å². The van der Waals surface area contributed by atoms with E-state index in [9.17, 15) is 14.3 Å². The highest BCUT2D eigenvalue weighted by Crippen LogP contribution is 2.27. The van der Waals surface area contributed by atoms with Gasteiger partial charge in [0.15, 0.2) is 0 Å². The molecule has 0 spiro atoms. The molecule has 0 fully saturated rings. The van der Waals surface area contributed by atoms with Crippen molar-refractivity contribution in [2.45, 2.75) is 26.4 Å². The van der Waals surface area contributed by atoms with Crippen LogP contribution in [0.3, 0.4) is 0 Å². The van der Waals surface area contributed by atoms with E-state index in [1.807, 2.05) is 0 Å². The first kappa shape index (κ1) is 15.8. The van der Waals surface area contributed by atoms with E-state index in [1.165, 1.54) is 12.1 Å². The standard InChI is InChI=1S/C17H18FNO3/c1-17(2,3)22-16(21)19-14-6-4-5-11(8-14)12-7-13(18)10-15(20)9-12/h4-10,20H,1-3H3,(H,19,21). The number of hydrogen-bond donors (Lipinski definition) is 2. The molecule has 2 aromatic rings. The third-order valence-corrected chi connectivity index (χ3v) is 2.72. The first-order valence-corrected chi connectivity index (χ1v) is 6.83. The number of phenolic OH excluding ortho intramolecular Hbond substituents is 1. The van der Waals surface area contributed by atoms with E-state index < -0.39 is 17.5 Å². The topological polar surface area (TPSA) is 58.6 Å². The molecule has 4 nitrogen and oxygen atoms in total. The van der Waals surface area contributed by atoms with Crippen molar-refractivity contribution in [2.75, 3.05) is 5.32 Å². The van der Waals surface area contributed by atoms with Gasteiger partial charge in [-0.3, -0.25) is 5.32 Å². The second kappa shape index (κ2) is 6.05. The number of anilines is 1. The molecule has 0 bridgehead atoms. The number of nitrogens with one attached hydrogen (secondary N) is 1. The molecule has 5 heteroatoms. The lowest BCUT2D eigenvalue weighted by atomic mass is 10.0. The van der Waals surface area contributed by atoms with Crippen LogP contribution in [0, 0.1) is 5.82 Å². The quantitative estimate of drug-likeness (QED) is 0.856. The smallest absolute Gasteiger partial charge is 0.412 e. The van der Waals surface area contributed by atoms with E-state index in [1.54, 1.807) is 45.0 Å². The van der Waals surface area contributed by atoms with Crippen LogP contribution in [0.5, 0.6) is 5.75 Å². The molecule has 0 saturated heterocycles. The Hall–Kier alpha value is -2.56. The third kappa shape index (κ3) is 4.48.